The van der Waals surface area contributed by atoms with Crippen LogP contribution in [0.25, 0.3) is 0 Å². The van der Waals surface area contributed by atoms with E-state index in [1.165, 1.54) is 11.3 Å². The minimum absolute atomic E-state index is 0.224. The van der Waals surface area contributed by atoms with Crippen LogP contribution in [-0.2, 0) is 6.42 Å². The highest BCUT2D eigenvalue weighted by atomic mass is 32.1. The summed E-state index contributed by atoms with van der Waals surface area (Å²) in [6, 6.07) is 4.53. The van der Waals surface area contributed by atoms with Crippen molar-refractivity contribution in [1.29, 1.82) is 0 Å². The van der Waals surface area contributed by atoms with Crippen molar-refractivity contribution in [2.75, 3.05) is 6.54 Å². The van der Waals surface area contributed by atoms with Crippen molar-refractivity contribution in [2.24, 2.45) is 5.92 Å². The molecule has 2 atom stereocenters. The van der Waals surface area contributed by atoms with Crippen molar-refractivity contribution in [3.05, 3.63) is 22.4 Å². The van der Waals surface area contributed by atoms with Gasteiger partial charge in [0, 0.05) is 10.9 Å². The van der Waals surface area contributed by atoms with Gasteiger partial charge >= 0.3 is 0 Å². The van der Waals surface area contributed by atoms with E-state index in [4.69, 9.17) is 0 Å². The zero-order valence-electron chi connectivity index (χ0n) is 10.8. The SMILES string of the molecule is CC(CNC(C)C1(O)CCC1)Cc1cccs1. The first kappa shape index (κ1) is 13.1. The molecule has 1 fully saturated rings. The molecule has 17 heavy (non-hydrogen) atoms. The van der Waals surface area contributed by atoms with Gasteiger partial charge in [-0.1, -0.05) is 13.0 Å². The molecule has 1 aliphatic carbocycles. The molecule has 0 bridgehead atoms. The highest BCUT2D eigenvalue weighted by Crippen LogP contribution is 2.34. The molecule has 96 valence electrons. The molecule has 2 unspecified atom stereocenters. The van der Waals surface area contributed by atoms with Gasteiger partial charge in [-0.15, -0.1) is 11.3 Å². The highest BCUT2D eigenvalue weighted by Gasteiger charge is 2.39. The van der Waals surface area contributed by atoms with Gasteiger partial charge in [-0.3, -0.25) is 0 Å². The second-order valence-electron chi connectivity index (χ2n) is 5.48. The summed E-state index contributed by atoms with van der Waals surface area (Å²) in [4.78, 5) is 1.45. The summed E-state index contributed by atoms with van der Waals surface area (Å²) >= 11 is 1.83. The van der Waals surface area contributed by atoms with Crippen molar-refractivity contribution in [3.8, 4) is 0 Å². The summed E-state index contributed by atoms with van der Waals surface area (Å²) in [5, 5.41) is 15.8. The number of aliphatic hydroxyl groups is 1. The maximum atomic E-state index is 10.2. The van der Waals surface area contributed by atoms with Crippen LogP contribution in [0.1, 0.15) is 38.0 Å². The average molecular weight is 253 g/mol. The Bertz CT molecular complexity index is 332. The van der Waals surface area contributed by atoms with Gasteiger partial charge in [0.05, 0.1) is 5.60 Å². The topological polar surface area (TPSA) is 32.3 Å². The molecule has 1 saturated carbocycles. The molecule has 3 heteroatoms. The van der Waals surface area contributed by atoms with Gasteiger partial charge in [-0.25, -0.2) is 0 Å². The summed E-state index contributed by atoms with van der Waals surface area (Å²) in [6.45, 7) is 5.36. The maximum absolute atomic E-state index is 10.2. The van der Waals surface area contributed by atoms with Crippen molar-refractivity contribution in [1.82, 2.24) is 5.32 Å². The van der Waals surface area contributed by atoms with Gasteiger partial charge in [0.1, 0.15) is 0 Å². The van der Waals surface area contributed by atoms with E-state index in [9.17, 15) is 5.11 Å². The fourth-order valence-corrected chi connectivity index (χ4v) is 3.25. The Morgan fingerprint density at radius 3 is 2.76 bits per heavy atom. The molecule has 2 N–H and O–H groups in total. The molecular formula is C14H23NOS. The van der Waals surface area contributed by atoms with E-state index < -0.39 is 5.60 Å². The number of hydrogen-bond acceptors (Lipinski definition) is 3. The lowest BCUT2D eigenvalue weighted by Crippen LogP contribution is -2.54. The lowest BCUT2D eigenvalue weighted by Gasteiger charge is -2.42. The Morgan fingerprint density at radius 2 is 2.24 bits per heavy atom. The predicted molar refractivity (Wildman–Crippen MR) is 73.5 cm³/mol. The molecule has 2 rings (SSSR count). The van der Waals surface area contributed by atoms with Crippen LogP contribution in [0.3, 0.4) is 0 Å². The summed E-state index contributed by atoms with van der Waals surface area (Å²) in [6.07, 6.45) is 4.23. The fraction of sp³-hybridized carbons (Fsp3) is 0.714. The maximum Gasteiger partial charge on any atom is 0.0797 e. The average Bonchev–Trinajstić information content (AvgIpc) is 2.75. The molecule has 1 aromatic rings. The quantitative estimate of drug-likeness (QED) is 0.817. The van der Waals surface area contributed by atoms with Crippen LogP contribution in [0, 0.1) is 5.92 Å². The molecule has 0 amide bonds. The van der Waals surface area contributed by atoms with Gasteiger partial charge in [0.15, 0.2) is 0 Å². The van der Waals surface area contributed by atoms with E-state index in [0.717, 1.165) is 25.8 Å². The van der Waals surface area contributed by atoms with Crippen LogP contribution in [0.15, 0.2) is 17.5 Å². The molecule has 1 heterocycles. The van der Waals surface area contributed by atoms with Crippen LogP contribution in [0.5, 0.6) is 0 Å². The molecule has 2 nitrogen and oxygen atoms in total. The van der Waals surface area contributed by atoms with E-state index in [1.807, 2.05) is 11.3 Å². The third-order valence-electron chi connectivity index (χ3n) is 3.93. The van der Waals surface area contributed by atoms with Gasteiger partial charge in [-0.2, -0.15) is 0 Å². The smallest absolute Gasteiger partial charge is 0.0797 e. The zero-order valence-corrected chi connectivity index (χ0v) is 11.6. The molecule has 0 spiro atoms. The van der Waals surface area contributed by atoms with E-state index >= 15 is 0 Å². The lowest BCUT2D eigenvalue weighted by molar-refractivity contribution is -0.0604. The molecule has 1 aliphatic rings. The monoisotopic (exact) mass is 253 g/mol. The third kappa shape index (κ3) is 3.30. The van der Waals surface area contributed by atoms with Gasteiger partial charge < -0.3 is 10.4 Å². The highest BCUT2D eigenvalue weighted by molar-refractivity contribution is 7.09. The molecular weight excluding hydrogens is 230 g/mol. The Labute approximate surface area is 108 Å². The molecule has 0 aromatic carbocycles. The first-order chi connectivity index (χ1) is 8.10. The molecule has 0 radical (unpaired) electrons. The summed E-state index contributed by atoms with van der Waals surface area (Å²) < 4.78 is 0. The summed E-state index contributed by atoms with van der Waals surface area (Å²) in [5.41, 5.74) is -0.428. The third-order valence-corrected chi connectivity index (χ3v) is 4.83. The fourth-order valence-electron chi connectivity index (χ4n) is 2.38. The lowest BCUT2D eigenvalue weighted by atomic mass is 9.75. The minimum atomic E-state index is -0.428. The number of thiophene rings is 1. The molecule has 1 aromatic heterocycles. The Hall–Kier alpha value is -0.380. The number of hydrogen-bond donors (Lipinski definition) is 2. The molecule has 0 saturated heterocycles. The summed E-state index contributed by atoms with van der Waals surface area (Å²) in [7, 11) is 0. The standard InChI is InChI=1S/C14H23NOS/c1-11(9-13-5-3-8-17-13)10-15-12(2)14(16)6-4-7-14/h3,5,8,11-12,15-16H,4,6-7,9-10H2,1-2H3. The van der Waals surface area contributed by atoms with E-state index in [-0.39, 0.29) is 6.04 Å². The van der Waals surface area contributed by atoms with Crippen LogP contribution in [0.4, 0.5) is 0 Å². The molecule has 0 aliphatic heterocycles. The number of rotatable bonds is 6. The van der Waals surface area contributed by atoms with E-state index in [0.29, 0.717) is 5.92 Å². The number of nitrogens with one attached hydrogen (secondary N) is 1. The van der Waals surface area contributed by atoms with Gasteiger partial charge in [0.2, 0.25) is 0 Å². The van der Waals surface area contributed by atoms with Crippen LogP contribution in [-0.4, -0.2) is 23.3 Å². The van der Waals surface area contributed by atoms with Crippen LogP contribution < -0.4 is 5.32 Å². The Kier molecular flexibility index (Phi) is 4.23. The Morgan fingerprint density at radius 1 is 1.47 bits per heavy atom. The van der Waals surface area contributed by atoms with Crippen LogP contribution >= 0.6 is 11.3 Å². The Balaban J connectivity index is 1.70. The van der Waals surface area contributed by atoms with Gasteiger partial charge in [-0.05, 0) is 56.5 Å². The normalized spacial score (nSPS) is 21.8. The van der Waals surface area contributed by atoms with E-state index in [1.54, 1.807) is 0 Å². The van der Waals surface area contributed by atoms with Crippen molar-refractivity contribution in [3.63, 3.8) is 0 Å². The predicted octanol–water partition coefficient (Wildman–Crippen LogP) is 2.82. The second-order valence-corrected chi connectivity index (χ2v) is 6.51. The van der Waals surface area contributed by atoms with Gasteiger partial charge in [0.25, 0.3) is 0 Å². The van der Waals surface area contributed by atoms with Crippen molar-refractivity contribution in [2.45, 2.75) is 51.2 Å². The van der Waals surface area contributed by atoms with Crippen molar-refractivity contribution >= 4 is 11.3 Å². The summed E-state index contributed by atoms with van der Waals surface area (Å²) in [5.74, 6) is 0.625. The first-order valence-corrected chi connectivity index (χ1v) is 7.46. The van der Waals surface area contributed by atoms with E-state index in [2.05, 4.69) is 36.7 Å². The minimum Gasteiger partial charge on any atom is -0.388 e. The zero-order chi connectivity index (χ0) is 12.3. The van der Waals surface area contributed by atoms with Crippen molar-refractivity contribution < 1.29 is 5.11 Å². The first-order valence-electron chi connectivity index (χ1n) is 6.58. The largest absolute Gasteiger partial charge is 0.388 e. The second kappa shape index (κ2) is 5.51. The van der Waals surface area contributed by atoms with Crippen LogP contribution in [0.2, 0.25) is 0 Å².